The second kappa shape index (κ2) is 10.4. The van der Waals surface area contributed by atoms with E-state index in [0.29, 0.717) is 12.5 Å². The molecule has 8 nitrogen and oxygen atoms in total. The van der Waals surface area contributed by atoms with E-state index < -0.39 is 5.97 Å². The third-order valence-electron chi connectivity index (χ3n) is 2.39. The summed E-state index contributed by atoms with van der Waals surface area (Å²) < 4.78 is 1.99. The number of imidazole rings is 1. The third-order valence-corrected chi connectivity index (χ3v) is 2.39. The lowest BCUT2D eigenvalue weighted by molar-refractivity contribution is -0.138. The third kappa shape index (κ3) is 9.20. The van der Waals surface area contributed by atoms with E-state index in [4.69, 9.17) is 15.0 Å². The Morgan fingerprint density at radius 1 is 1.43 bits per heavy atom. The van der Waals surface area contributed by atoms with Crippen LogP contribution in [0.5, 0.6) is 0 Å². The molecule has 0 atom stereocenters. The summed E-state index contributed by atoms with van der Waals surface area (Å²) in [6.07, 6.45) is 3.31. The number of carboxylic acid groups (broad SMARTS) is 2. The highest BCUT2D eigenvalue weighted by molar-refractivity contribution is 5.80. The Kier molecular flexibility index (Phi) is 9.23. The van der Waals surface area contributed by atoms with Gasteiger partial charge in [-0.1, -0.05) is 13.8 Å². The van der Waals surface area contributed by atoms with Gasteiger partial charge in [-0.05, 0) is 5.92 Å². The summed E-state index contributed by atoms with van der Waals surface area (Å²) in [4.78, 5) is 34.1. The van der Waals surface area contributed by atoms with Crippen molar-refractivity contribution in [3.8, 4) is 0 Å². The zero-order valence-corrected chi connectivity index (χ0v) is 12.2. The van der Waals surface area contributed by atoms with Crippen molar-refractivity contribution in [3.05, 3.63) is 18.2 Å². The first-order chi connectivity index (χ1) is 9.90. The molecule has 0 saturated carbocycles. The molecule has 1 aromatic heterocycles. The van der Waals surface area contributed by atoms with Gasteiger partial charge in [0.15, 0.2) is 0 Å². The van der Waals surface area contributed by atoms with E-state index in [9.17, 15) is 9.59 Å². The van der Waals surface area contributed by atoms with Gasteiger partial charge in [-0.2, -0.15) is 0 Å². The van der Waals surface area contributed by atoms with Crippen LogP contribution in [0.1, 0.15) is 32.4 Å². The Hall–Kier alpha value is -2.38. The van der Waals surface area contributed by atoms with Crippen LogP contribution in [0.25, 0.3) is 0 Å². The fourth-order valence-corrected chi connectivity index (χ4v) is 1.55. The zero-order valence-electron chi connectivity index (χ0n) is 12.2. The molecule has 0 saturated heterocycles. The molecule has 21 heavy (non-hydrogen) atoms. The largest absolute Gasteiger partial charge is 0.483 e. The molecule has 1 heterocycles. The molecule has 0 aliphatic rings. The number of nitrogens with zero attached hydrogens (tertiary/aromatic N) is 2. The maximum Gasteiger partial charge on any atom is 0.303 e. The van der Waals surface area contributed by atoms with Crippen LogP contribution in [0, 0.1) is 5.92 Å². The van der Waals surface area contributed by atoms with E-state index in [-0.39, 0.29) is 25.2 Å². The predicted octanol–water partition coefficient (Wildman–Crippen LogP) is 0.721. The molecule has 0 aromatic carbocycles. The first-order valence-electron chi connectivity index (χ1n) is 6.46. The van der Waals surface area contributed by atoms with Crippen LogP contribution < -0.4 is 5.32 Å². The van der Waals surface area contributed by atoms with Gasteiger partial charge in [-0.3, -0.25) is 14.4 Å². The van der Waals surface area contributed by atoms with Crippen molar-refractivity contribution in [2.45, 2.75) is 39.8 Å². The minimum atomic E-state index is -0.963. The molecule has 118 valence electrons. The maximum absolute atomic E-state index is 11.4. The van der Waals surface area contributed by atoms with Crippen molar-refractivity contribution in [2.75, 3.05) is 0 Å². The van der Waals surface area contributed by atoms with Gasteiger partial charge >= 0.3 is 5.97 Å². The minimum Gasteiger partial charge on any atom is -0.483 e. The normalized spacial score (nSPS) is 9.67. The van der Waals surface area contributed by atoms with Gasteiger partial charge in [-0.25, -0.2) is 4.98 Å². The zero-order chi connectivity index (χ0) is 16.3. The van der Waals surface area contributed by atoms with Gasteiger partial charge in [-0.15, -0.1) is 0 Å². The molecule has 0 aliphatic heterocycles. The number of rotatable bonds is 7. The van der Waals surface area contributed by atoms with Crippen molar-refractivity contribution >= 4 is 18.3 Å². The molecule has 0 aliphatic carbocycles. The van der Waals surface area contributed by atoms with E-state index in [2.05, 4.69) is 24.1 Å². The molecule has 1 rings (SSSR count). The second-order valence-electron chi connectivity index (χ2n) is 4.71. The van der Waals surface area contributed by atoms with Crippen molar-refractivity contribution < 1.29 is 24.6 Å². The molecule has 3 N–H and O–H groups in total. The van der Waals surface area contributed by atoms with Crippen LogP contribution >= 0.6 is 0 Å². The van der Waals surface area contributed by atoms with Gasteiger partial charge in [0.2, 0.25) is 5.91 Å². The summed E-state index contributed by atoms with van der Waals surface area (Å²) in [7, 11) is 0. The summed E-state index contributed by atoms with van der Waals surface area (Å²) in [6, 6.07) is 0. The molecule has 0 radical (unpaired) electrons. The Morgan fingerprint density at radius 3 is 2.57 bits per heavy atom. The number of carboxylic acids is 1. The van der Waals surface area contributed by atoms with Gasteiger partial charge in [0.25, 0.3) is 6.47 Å². The molecular weight excluding hydrogens is 278 g/mol. The lowest BCUT2D eigenvalue weighted by Crippen LogP contribution is -2.24. The summed E-state index contributed by atoms with van der Waals surface area (Å²) in [5.74, 6) is -0.717. The number of aliphatic carboxylic acids is 1. The number of aromatic nitrogens is 2. The first-order valence-corrected chi connectivity index (χ1v) is 6.46. The van der Waals surface area contributed by atoms with E-state index in [0.717, 1.165) is 12.2 Å². The second-order valence-corrected chi connectivity index (χ2v) is 4.71. The summed E-state index contributed by atoms with van der Waals surface area (Å²) in [5, 5.41) is 18.0. The van der Waals surface area contributed by atoms with Crippen molar-refractivity contribution in [1.82, 2.24) is 14.9 Å². The molecule has 0 spiro atoms. The number of nitrogens with one attached hydrogen (secondary N) is 1. The summed E-state index contributed by atoms with van der Waals surface area (Å²) in [5.41, 5.74) is 0.923. The van der Waals surface area contributed by atoms with E-state index in [1.54, 1.807) is 12.5 Å². The topological polar surface area (TPSA) is 122 Å². The lowest BCUT2D eigenvalue weighted by atomic mass is 10.2. The molecule has 0 unspecified atom stereocenters. The smallest absolute Gasteiger partial charge is 0.303 e. The highest BCUT2D eigenvalue weighted by Gasteiger charge is 2.08. The molecule has 0 fully saturated rings. The molecule has 1 amide bonds. The minimum absolute atomic E-state index is 0.00759. The Bertz CT molecular complexity index is 456. The van der Waals surface area contributed by atoms with Gasteiger partial charge in [0, 0.05) is 19.2 Å². The fraction of sp³-hybridized carbons (Fsp3) is 0.538. The van der Waals surface area contributed by atoms with Crippen LogP contribution in [0.2, 0.25) is 0 Å². The highest BCUT2D eigenvalue weighted by Crippen LogP contribution is 2.04. The standard InChI is InChI=1S/C12H19N3O3.CH2O2/c1-9(2)7-15-8-13-5-10(15)6-14-11(16)3-4-12(17)18;2-1-3/h5,8-9H,3-4,6-7H2,1-2H3,(H,14,16)(H,17,18);1H,(H,2,3). The van der Waals surface area contributed by atoms with E-state index in [1.807, 2.05) is 4.57 Å². The monoisotopic (exact) mass is 299 g/mol. The van der Waals surface area contributed by atoms with E-state index in [1.165, 1.54) is 0 Å². The lowest BCUT2D eigenvalue weighted by Gasteiger charge is -2.11. The van der Waals surface area contributed by atoms with E-state index >= 15 is 0 Å². The summed E-state index contributed by atoms with van der Waals surface area (Å²) in [6.45, 7) is 5.19. The number of hydrogen-bond donors (Lipinski definition) is 3. The number of carbonyl (C=O) groups is 3. The van der Waals surface area contributed by atoms with Crippen molar-refractivity contribution in [3.63, 3.8) is 0 Å². The Balaban J connectivity index is 0.00000122. The van der Waals surface area contributed by atoms with Gasteiger partial charge < -0.3 is 20.1 Å². The highest BCUT2D eigenvalue weighted by atomic mass is 16.4. The maximum atomic E-state index is 11.4. The number of carbonyl (C=O) groups excluding carboxylic acids is 1. The van der Waals surface area contributed by atoms with Gasteiger partial charge in [0.1, 0.15) is 0 Å². The van der Waals surface area contributed by atoms with Crippen LogP contribution in [0.15, 0.2) is 12.5 Å². The van der Waals surface area contributed by atoms with Crippen LogP contribution in [-0.4, -0.2) is 38.1 Å². The average molecular weight is 299 g/mol. The van der Waals surface area contributed by atoms with Crippen molar-refractivity contribution in [1.29, 1.82) is 0 Å². The number of amides is 1. The quantitative estimate of drug-likeness (QED) is 0.638. The van der Waals surface area contributed by atoms with Gasteiger partial charge in [0.05, 0.1) is 25.0 Å². The predicted molar refractivity (Wildman–Crippen MR) is 74.5 cm³/mol. The molecule has 1 aromatic rings. The first kappa shape index (κ1) is 18.6. The Labute approximate surface area is 122 Å². The Morgan fingerprint density at radius 2 is 2.05 bits per heavy atom. The van der Waals surface area contributed by atoms with Crippen LogP contribution in [0.4, 0.5) is 0 Å². The fourth-order valence-electron chi connectivity index (χ4n) is 1.55. The van der Waals surface area contributed by atoms with Crippen LogP contribution in [-0.2, 0) is 27.5 Å². The summed E-state index contributed by atoms with van der Waals surface area (Å²) >= 11 is 0. The SMILES string of the molecule is CC(C)Cn1cncc1CNC(=O)CCC(=O)O.O=CO. The van der Waals surface area contributed by atoms with Crippen molar-refractivity contribution in [2.24, 2.45) is 5.92 Å². The average Bonchev–Trinajstić information content (AvgIpc) is 2.81. The number of hydrogen-bond acceptors (Lipinski definition) is 4. The molecular formula is C13H21N3O5. The van der Waals surface area contributed by atoms with Crippen LogP contribution in [0.3, 0.4) is 0 Å². The molecule has 0 bridgehead atoms. The molecule has 8 heteroatoms.